The Hall–Kier alpha value is -1.85. The second kappa shape index (κ2) is 1.82. The van der Waals surface area contributed by atoms with Gasteiger partial charge >= 0.3 is 5.65 Å². The van der Waals surface area contributed by atoms with Crippen molar-refractivity contribution in [3.8, 4) is 0 Å². The van der Waals surface area contributed by atoms with Crippen LogP contribution in [0.25, 0.3) is 11.2 Å². The number of nitrogens with zero attached hydrogens (tertiary/aromatic N) is 3. The lowest BCUT2D eigenvalue weighted by Gasteiger charge is -1.85. The molecule has 0 fully saturated rings. The maximum atomic E-state index is 9.08. The molecule has 56 valence electrons. The fourth-order valence-electron chi connectivity index (χ4n) is 0.888. The van der Waals surface area contributed by atoms with Gasteiger partial charge in [0.2, 0.25) is 11.8 Å². The van der Waals surface area contributed by atoms with Gasteiger partial charge in [0.25, 0.3) is 0 Å². The lowest BCUT2D eigenvalue weighted by molar-refractivity contribution is -0.885. The molecule has 2 heterocycles. The summed E-state index contributed by atoms with van der Waals surface area (Å²) in [6.45, 7) is 0. The number of aromatic nitrogens is 4. The summed E-state index contributed by atoms with van der Waals surface area (Å²) in [5.74, 6) is 0.322. The molecular formula is C5H6N5O+. The van der Waals surface area contributed by atoms with Crippen molar-refractivity contribution in [2.24, 2.45) is 0 Å². The number of nitrogen functional groups attached to an aromatic ring is 1. The average Bonchev–Trinajstić information content (AvgIpc) is 2.35. The van der Waals surface area contributed by atoms with E-state index in [2.05, 4.69) is 15.0 Å². The Balaban J connectivity index is 2.94. The molecule has 0 atom stereocenters. The highest BCUT2D eigenvalue weighted by Crippen LogP contribution is 2.07. The largest absolute Gasteiger partial charge is 0.380 e. The van der Waals surface area contributed by atoms with E-state index in [1.807, 2.05) is 0 Å². The number of hydrogen-bond acceptors (Lipinski definition) is 4. The molecule has 0 amide bonds. The Kier molecular flexibility index (Phi) is 0.974. The van der Waals surface area contributed by atoms with Crippen LogP contribution in [0.2, 0.25) is 0 Å². The van der Waals surface area contributed by atoms with Gasteiger partial charge in [-0.05, 0) is 0 Å². The van der Waals surface area contributed by atoms with Crippen molar-refractivity contribution in [2.45, 2.75) is 0 Å². The molecule has 0 aliphatic heterocycles. The van der Waals surface area contributed by atoms with Crippen LogP contribution in [0.3, 0.4) is 0 Å². The third kappa shape index (κ3) is 0.689. The number of H-pyrrole nitrogens is 1. The number of aromatic amines is 1. The molecule has 6 nitrogen and oxygen atoms in total. The molecule has 11 heavy (non-hydrogen) atoms. The second-order valence-corrected chi connectivity index (χ2v) is 2.08. The first-order valence-corrected chi connectivity index (χ1v) is 2.97. The number of anilines is 1. The minimum Gasteiger partial charge on any atom is -0.380 e. The zero-order chi connectivity index (χ0) is 7.84. The van der Waals surface area contributed by atoms with Gasteiger partial charge in [-0.2, -0.15) is 4.98 Å². The highest BCUT2D eigenvalue weighted by molar-refractivity contribution is 5.77. The number of rotatable bonds is 0. The summed E-state index contributed by atoms with van der Waals surface area (Å²) in [5.41, 5.74) is 6.37. The topological polar surface area (TPSA) is 91.7 Å². The summed E-state index contributed by atoms with van der Waals surface area (Å²) < 4.78 is 0.855. The van der Waals surface area contributed by atoms with E-state index in [9.17, 15) is 0 Å². The van der Waals surface area contributed by atoms with Gasteiger partial charge in [0.05, 0.1) is 0 Å². The molecule has 0 unspecified atom stereocenters. The van der Waals surface area contributed by atoms with Gasteiger partial charge in [0.15, 0.2) is 12.1 Å². The number of hydrogen-bond donors (Lipinski definition) is 3. The van der Waals surface area contributed by atoms with Crippen molar-refractivity contribution in [1.29, 1.82) is 0 Å². The van der Waals surface area contributed by atoms with Gasteiger partial charge in [0.1, 0.15) is 0 Å². The van der Waals surface area contributed by atoms with E-state index in [1.165, 1.54) is 12.7 Å². The van der Waals surface area contributed by atoms with E-state index in [0.717, 1.165) is 4.73 Å². The molecule has 0 aliphatic rings. The molecule has 2 rings (SSSR count). The Morgan fingerprint density at radius 1 is 1.55 bits per heavy atom. The first-order chi connectivity index (χ1) is 5.29. The van der Waals surface area contributed by atoms with Crippen LogP contribution in [0.4, 0.5) is 5.82 Å². The van der Waals surface area contributed by atoms with E-state index in [0.29, 0.717) is 17.0 Å². The molecule has 0 spiro atoms. The molecular weight excluding hydrogens is 146 g/mol. The highest BCUT2D eigenvalue weighted by Gasteiger charge is 2.12. The third-order valence-electron chi connectivity index (χ3n) is 1.40. The molecule has 0 saturated heterocycles. The molecule has 0 aromatic carbocycles. The fourth-order valence-corrected chi connectivity index (χ4v) is 0.888. The highest BCUT2D eigenvalue weighted by atomic mass is 16.5. The molecule has 0 aliphatic carbocycles. The maximum Gasteiger partial charge on any atom is 0.343 e. The minimum absolute atomic E-state index is 0.322. The lowest BCUT2D eigenvalue weighted by Crippen LogP contribution is -2.27. The molecule has 2 aromatic heterocycles. The number of nitrogens with one attached hydrogen (secondary N) is 1. The van der Waals surface area contributed by atoms with E-state index in [-0.39, 0.29) is 0 Å². The smallest absolute Gasteiger partial charge is 0.343 e. The summed E-state index contributed by atoms with van der Waals surface area (Å²) in [6.07, 6.45) is 2.63. The summed E-state index contributed by atoms with van der Waals surface area (Å²) in [5, 5.41) is 9.08. The maximum absolute atomic E-state index is 9.08. The predicted molar refractivity (Wildman–Crippen MR) is 35.7 cm³/mol. The first kappa shape index (κ1) is 5.90. The quantitative estimate of drug-likeness (QED) is 0.335. The van der Waals surface area contributed by atoms with Crippen LogP contribution >= 0.6 is 0 Å². The first-order valence-electron chi connectivity index (χ1n) is 2.97. The molecule has 4 N–H and O–H groups in total. The Labute approximate surface area is 61.3 Å². The SMILES string of the molecule is Nc1ncnc2c1[nH]c[n+]2O. The number of fused-ring (bicyclic) bond motifs is 1. The monoisotopic (exact) mass is 152 g/mol. The molecule has 6 heteroatoms. The summed E-state index contributed by atoms with van der Waals surface area (Å²) in [7, 11) is 0. The van der Waals surface area contributed by atoms with Gasteiger partial charge in [-0.1, -0.05) is 9.71 Å². The van der Waals surface area contributed by atoms with Crippen molar-refractivity contribution in [2.75, 3.05) is 5.73 Å². The van der Waals surface area contributed by atoms with Gasteiger partial charge in [-0.3, -0.25) is 4.98 Å². The van der Waals surface area contributed by atoms with Crippen LogP contribution in [-0.2, 0) is 0 Å². The van der Waals surface area contributed by atoms with Gasteiger partial charge in [-0.15, -0.1) is 0 Å². The Bertz CT molecular complexity index is 395. The van der Waals surface area contributed by atoms with Crippen LogP contribution in [0, 0.1) is 0 Å². The molecule has 2 aromatic rings. The van der Waals surface area contributed by atoms with Crippen LogP contribution in [0.15, 0.2) is 12.7 Å². The van der Waals surface area contributed by atoms with Crippen LogP contribution in [-0.4, -0.2) is 20.2 Å². The molecule has 0 bridgehead atoms. The van der Waals surface area contributed by atoms with Crippen molar-refractivity contribution in [1.82, 2.24) is 15.0 Å². The second-order valence-electron chi connectivity index (χ2n) is 2.08. The van der Waals surface area contributed by atoms with Crippen LogP contribution in [0.1, 0.15) is 0 Å². The summed E-state index contributed by atoms with van der Waals surface area (Å²) in [6, 6.07) is 0. The molecule has 0 saturated carbocycles. The van der Waals surface area contributed by atoms with E-state index in [4.69, 9.17) is 10.9 Å². The lowest BCUT2D eigenvalue weighted by atomic mass is 10.5. The Morgan fingerprint density at radius 3 is 3.09 bits per heavy atom. The summed E-state index contributed by atoms with van der Waals surface area (Å²) in [4.78, 5) is 10.2. The Morgan fingerprint density at radius 2 is 2.36 bits per heavy atom. The van der Waals surface area contributed by atoms with Crippen molar-refractivity contribution in [3.63, 3.8) is 0 Å². The predicted octanol–water partition coefficient (Wildman–Crippen LogP) is -0.935. The van der Waals surface area contributed by atoms with Crippen molar-refractivity contribution < 1.29 is 9.94 Å². The van der Waals surface area contributed by atoms with Crippen molar-refractivity contribution in [3.05, 3.63) is 12.7 Å². The minimum atomic E-state index is 0.322. The van der Waals surface area contributed by atoms with Crippen LogP contribution < -0.4 is 10.5 Å². The third-order valence-corrected chi connectivity index (χ3v) is 1.40. The molecule has 0 radical (unpaired) electrons. The van der Waals surface area contributed by atoms with Gasteiger partial charge < -0.3 is 10.9 Å². The fraction of sp³-hybridized carbons (Fsp3) is 0. The van der Waals surface area contributed by atoms with Gasteiger partial charge in [0, 0.05) is 0 Å². The number of nitrogens with two attached hydrogens (primary N) is 1. The van der Waals surface area contributed by atoms with Crippen LogP contribution in [0.5, 0.6) is 0 Å². The van der Waals surface area contributed by atoms with Crippen molar-refractivity contribution >= 4 is 17.0 Å². The standard InChI is InChI=1S/C5H5N5O/c6-4-3-5(8-1-7-4)10(11)2-9-3/h1-2,11H,(H2,6,7,8)/p+1. The van der Waals surface area contributed by atoms with E-state index < -0.39 is 0 Å². The zero-order valence-electron chi connectivity index (χ0n) is 5.52. The van der Waals surface area contributed by atoms with Gasteiger partial charge in [-0.25, -0.2) is 0 Å². The number of imidazole rings is 1. The van der Waals surface area contributed by atoms with E-state index in [1.54, 1.807) is 0 Å². The zero-order valence-corrected chi connectivity index (χ0v) is 5.52. The average molecular weight is 152 g/mol. The normalized spacial score (nSPS) is 10.5. The van der Waals surface area contributed by atoms with E-state index >= 15 is 0 Å². The summed E-state index contributed by atoms with van der Waals surface area (Å²) >= 11 is 0.